The normalized spacial score (nSPS) is 10.9. The van der Waals surface area contributed by atoms with Gasteiger partial charge in [0.15, 0.2) is 0 Å². The van der Waals surface area contributed by atoms with Crippen LogP contribution in [0.25, 0.3) is 0 Å². The SMILES string of the molecule is Cc1c(C)c(C(=O)OC(=O)c2c(C)c(C)c(C(=O)OC(=O)c3c(C)c(C)c(C(=O)O)c(C)c3C)c(C)c2C)c(C)c(C)c1C(=O)O. The molecule has 0 atom stereocenters. The summed E-state index contributed by atoms with van der Waals surface area (Å²) in [6.45, 7) is 19.0. The highest BCUT2D eigenvalue weighted by Crippen LogP contribution is 2.32. The van der Waals surface area contributed by atoms with Gasteiger partial charge in [0.2, 0.25) is 0 Å². The summed E-state index contributed by atoms with van der Waals surface area (Å²) in [4.78, 5) is 77.1. The Labute approximate surface area is 267 Å². The van der Waals surface area contributed by atoms with E-state index in [1.807, 2.05) is 0 Å². The van der Waals surface area contributed by atoms with Crippen LogP contribution in [0.1, 0.15) is 129 Å². The third-order valence-corrected chi connectivity index (χ3v) is 9.49. The number of carbonyl (C=O) groups excluding carboxylic acids is 4. The molecule has 242 valence electrons. The highest BCUT2D eigenvalue weighted by atomic mass is 16.6. The molecule has 3 rings (SSSR count). The lowest BCUT2D eigenvalue weighted by molar-refractivity contribution is 0.0373. The van der Waals surface area contributed by atoms with Gasteiger partial charge in [-0.15, -0.1) is 0 Å². The van der Waals surface area contributed by atoms with E-state index in [0.717, 1.165) is 0 Å². The number of rotatable bonds is 6. The standard InChI is InChI=1S/C36H38O10/c1-13-17(5)27(18(6)14(2)25(13)31(37)38)33(41)45-35(43)29-21(9)23(11)30(24(12)22(29)10)36(44)46-34(42)28-19(7)15(3)26(32(39)40)16(4)20(28)8/h1-12H3,(H,37,38)(H,39,40). The van der Waals surface area contributed by atoms with E-state index >= 15 is 0 Å². The Morgan fingerprint density at radius 1 is 0.304 bits per heavy atom. The number of carboxylic acid groups (broad SMARTS) is 2. The summed E-state index contributed by atoms with van der Waals surface area (Å²) in [6.07, 6.45) is 0. The average molecular weight is 631 g/mol. The Morgan fingerprint density at radius 3 is 0.565 bits per heavy atom. The number of esters is 4. The lowest BCUT2D eigenvalue weighted by Crippen LogP contribution is -2.22. The molecule has 0 saturated carbocycles. The van der Waals surface area contributed by atoms with Gasteiger partial charge in [0, 0.05) is 0 Å². The van der Waals surface area contributed by atoms with Gasteiger partial charge in [0.05, 0.1) is 33.4 Å². The van der Waals surface area contributed by atoms with E-state index in [4.69, 9.17) is 9.47 Å². The van der Waals surface area contributed by atoms with Crippen molar-refractivity contribution in [3.8, 4) is 0 Å². The van der Waals surface area contributed by atoms with E-state index in [9.17, 15) is 39.0 Å². The van der Waals surface area contributed by atoms with E-state index < -0.39 is 35.8 Å². The van der Waals surface area contributed by atoms with Crippen LogP contribution in [-0.2, 0) is 9.47 Å². The number of hydrogen-bond donors (Lipinski definition) is 2. The summed E-state index contributed by atoms with van der Waals surface area (Å²) < 4.78 is 10.7. The Bertz CT molecular complexity index is 1700. The first-order valence-corrected chi connectivity index (χ1v) is 14.5. The van der Waals surface area contributed by atoms with Crippen LogP contribution >= 0.6 is 0 Å². The van der Waals surface area contributed by atoms with Crippen molar-refractivity contribution in [3.05, 3.63) is 100 Å². The van der Waals surface area contributed by atoms with E-state index in [1.165, 1.54) is 0 Å². The van der Waals surface area contributed by atoms with Gasteiger partial charge in [-0.1, -0.05) is 0 Å². The number of carboxylic acids is 2. The fraction of sp³-hybridized carbons (Fsp3) is 0.333. The molecule has 10 heteroatoms. The smallest absolute Gasteiger partial charge is 0.346 e. The van der Waals surface area contributed by atoms with E-state index in [-0.39, 0.29) is 33.4 Å². The summed E-state index contributed by atoms with van der Waals surface area (Å²) in [7, 11) is 0. The largest absolute Gasteiger partial charge is 0.478 e. The van der Waals surface area contributed by atoms with E-state index in [2.05, 4.69) is 0 Å². The van der Waals surface area contributed by atoms with Crippen LogP contribution < -0.4 is 0 Å². The zero-order chi connectivity index (χ0) is 35.3. The van der Waals surface area contributed by atoms with E-state index in [1.54, 1.807) is 83.1 Å². The molecule has 0 saturated heterocycles. The second-order valence-corrected chi connectivity index (χ2v) is 11.7. The molecule has 0 fully saturated rings. The molecule has 10 nitrogen and oxygen atoms in total. The third-order valence-electron chi connectivity index (χ3n) is 9.49. The van der Waals surface area contributed by atoms with Crippen molar-refractivity contribution >= 4 is 35.8 Å². The number of hydrogen-bond acceptors (Lipinski definition) is 8. The topological polar surface area (TPSA) is 161 Å². The molecule has 0 radical (unpaired) electrons. The molecule has 0 aliphatic carbocycles. The third kappa shape index (κ3) is 5.71. The zero-order valence-corrected chi connectivity index (χ0v) is 28.2. The maximum Gasteiger partial charge on any atom is 0.346 e. The van der Waals surface area contributed by atoms with Gasteiger partial charge in [-0.25, -0.2) is 28.8 Å². The van der Waals surface area contributed by atoms with Crippen LogP contribution in [0.4, 0.5) is 0 Å². The van der Waals surface area contributed by atoms with Gasteiger partial charge in [0.25, 0.3) is 0 Å². The minimum Gasteiger partial charge on any atom is -0.478 e. The minimum absolute atomic E-state index is 0.0688. The fourth-order valence-electron chi connectivity index (χ4n) is 6.18. The van der Waals surface area contributed by atoms with Gasteiger partial charge in [-0.05, 0) is 150 Å². The lowest BCUT2D eigenvalue weighted by atomic mass is 9.88. The maximum atomic E-state index is 13.5. The Balaban J connectivity index is 2.01. The van der Waals surface area contributed by atoms with Gasteiger partial charge >= 0.3 is 35.8 Å². The highest BCUT2D eigenvalue weighted by Gasteiger charge is 2.31. The van der Waals surface area contributed by atoms with Crippen LogP contribution in [-0.4, -0.2) is 46.0 Å². The number of carbonyl (C=O) groups is 6. The summed E-state index contributed by atoms with van der Waals surface area (Å²) >= 11 is 0. The van der Waals surface area contributed by atoms with Crippen molar-refractivity contribution < 1.29 is 48.5 Å². The Morgan fingerprint density at radius 2 is 0.435 bits per heavy atom. The maximum absolute atomic E-state index is 13.5. The van der Waals surface area contributed by atoms with Crippen molar-refractivity contribution in [1.82, 2.24) is 0 Å². The number of ether oxygens (including phenoxy) is 2. The number of benzene rings is 3. The van der Waals surface area contributed by atoms with Crippen LogP contribution in [0.5, 0.6) is 0 Å². The van der Waals surface area contributed by atoms with Gasteiger partial charge in [-0.3, -0.25) is 0 Å². The summed E-state index contributed by atoms with van der Waals surface area (Å²) in [5.74, 6) is -6.01. The molecule has 0 aliphatic heterocycles. The molecule has 0 aliphatic rings. The quantitative estimate of drug-likeness (QED) is 0.219. The van der Waals surface area contributed by atoms with Crippen LogP contribution in [0.2, 0.25) is 0 Å². The molecule has 0 unspecified atom stereocenters. The monoisotopic (exact) mass is 630 g/mol. The predicted molar refractivity (Wildman–Crippen MR) is 170 cm³/mol. The lowest BCUT2D eigenvalue weighted by Gasteiger charge is -2.20. The first kappa shape index (κ1) is 35.4. The average Bonchev–Trinajstić information content (AvgIpc) is 2.94. The van der Waals surface area contributed by atoms with Gasteiger partial charge in [-0.2, -0.15) is 0 Å². The van der Waals surface area contributed by atoms with E-state index in [0.29, 0.717) is 66.8 Å². The molecule has 0 amide bonds. The van der Waals surface area contributed by atoms with Crippen LogP contribution in [0.15, 0.2) is 0 Å². The molecule has 0 spiro atoms. The van der Waals surface area contributed by atoms with Crippen molar-refractivity contribution in [2.24, 2.45) is 0 Å². The summed E-state index contributed by atoms with van der Waals surface area (Å²) in [6, 6.07) is 0. The first-order chi connectivity index (χ1) is 21.2. The molecule has 3 aromatic carbocycles. The Hall–Kier alpha value is -5.12. The first-order valence-electron chi connectivity index (χ1n) is 14.5. The van der Waals surface area contributed by atoms with Gasteiger partial charge < -0.3 is 19.7 Å². The highest BCUT2D eigenvalue weighted by molar-refractivity contribution is 6.09. The molecule has 0 aromatic heterocycles. The molecule has 3 aromatic rings. The summed E-state index contributed by atoms with van der Waals surface area (Å²) in [5.41, 5.74) is 4.97. The molecule has 46 heavy (non-hydrogen) atoms. The van der Waals surface area contributed by atoms with Crippen LogP contribution in [0.3, 0.4) is 0 Å². The minimum atomic E-state index is -1.12. The molecule has 0 bridgehead atoms. The summed E-state index contributed by atoms with van der Waals surface area (Å²) in [5, 5.41) is 19.3. The zero-order valence-electron chi connectivity index (χ0n) is 28.2. The fourth-order valence-corrected chi connectivity index (χ4v) is 6.18. The molecule has 0 heterocycles. The second kappa shape index (κ2) is 12.7. The molecular weight excluding hydrogens is 592 g/mol. The van der Waals surface area contributed by atoms with Crippen molar-refractivity contribution in [2.75, 3.05) is 0 Å². The van der Waals surface area contributed by atoms with Crippen molar-refractivity contribution in [3.63, 3.8) is 0 Å². The van der Waals surface area contributed by atoms with Crippen molar-refractivity contribution in [1.29, 1.82) is 0 Å². The number of aromatic carboxylic acids is 2. The molecule has 2 N–H and O–H groups in total. The van der Waals surface area contributed by atoms with Gasteiger partial charge in [0.1, 0.15) is 0 Å². The predicted octanol–water partition coefficient (Wildman–Crippen LogP) is 6.78. The van der Waals surface area contributed by atoms with Crippen LogP contribution in [0, 0.1) is 83.1 Å². The Kier molecular flexibility index (Phi) is 9.77. The molecular formula is C36H38O10. The van der Waals surface area contributed by atoms with Crippen molar-refractivity contribution in [2.45, 2.75) is 83.1 Å². The second-order valence-electron chi connectivity index (χ2n) is 11.7.